The van der Waals surface area contributed by atoms with Gasteiger partial charge in [-0.15, -0.1) is 0 Å². The molecule has 0 aromatic heterocycles. The third-order valence-electron chi connectivity index (χ3n) is 0.909. The minimum atomic E-state index is -2.40. The van der Waals surface area contributed by atoms with Gasteiger partial charge in [-0.05, 0) is 0 Å². The van der Waals surface area contributed by atoms with Crippen LogP contribution in [0, 0.1) is 0 Å². The number of aliphatic hydroxyl groups excluding tert-OH is 2. The zero-order chi connectivity index (χ0) is 9.72. The van der Waals surface area contributed by atoms with Gasteiger partial charge in [0, 0.05) is 0 Å². The third-order valence-corrected chi connectivity index (χ3v) is 1.64. The molecule has 0 aliphatic rings. The van der Waals surface area contributed by atoms with E-state index in [1.165, 1.54) is 0 Å². The van der Waals surface area contributed by atoms with E-state index in [0.717, 1.165) is 0 Å². The monoisotopic (exact) mass is 285 g/mol. The SMILES string of the molecule is [O]=[Sb][O]C(=O)C(O)C(O)C(=O)[O-]. The number of carbonyl (C=O) groups is 2. The van der Waals surface area contributed by atoms with Gasteiger partial charge in [0.15, 0.2) is 0 Å². The maximum atomic E-state index is 10.4. The minimum absolute atomic E-state index is 1.43. The molecule has 2 unspecified atom stereocenters. The van der Waals surface area contributed by atoms with E-state index < -0.39 is 46.2 Å². The molecule has 0 aliphatic carbocycles. The zero-order valence-electron chi connectivity index (χ0n) is 5.54. The van der Waals surface area contributed by atoms with E-state index in [9.17, 15) is 17.7 Å². The molecule has 0 aliphatic heterocycles. The van der Waals surface area contributed by atoms with Crippen molar-refractivity contribution < 1.29 is 30.9 Å². The zero-order valence-corrected chi connectivity index (χ0v) is 8.09. The molecule has 0 aromatic rings. The summed E-state index contributed by atoms with van der Waals surface area (Å²) in [5, 5.41) is 27.0. The Balaban J connectivity index is 4.17. The molecule has 8 heteroatoms. The van der Waals surface area contributed by atoms with Gasteiger partial charge in [-0.1, -0.05) is 0 Å². The van der Waals surface area contributed by atoms with Crippen molar-refractivity contribution in [2.45, 2.75) is 12.2 Å². The van der Waals surface area contributed by atoms with E-state index in [0.29, 0.717) is 0 Å². The van der Waals surface area contributed by atoms with Gasteiger partial charge >= 0.3 is 77.1 Å². The molecule has 0 saturated heterocycles. The van der Waals surface area contributed by atoms with Gasteiger partial charge in [0.05, 0.1) is 0 Å². The summed E-state index contributed by atoms with van der Waals surface area (Å²) in [4.78, 5) is 20.3. The Labute approximate surface area is 77.4 Å². The summed E-state index contributed by atoms with van der Waals surface area (Å²) in [5.74, 6) is -3.44. The van der Waals surface area contributed by atoms with E-state index in [-0.39, 0.29) is 0 Å². The van der Waals surface area contributed by atoms with Crippen LogP contribution in [0.3, 0.4) is 0 Å². The van der Waals surface area contributed by atoms with Crippen LogP contribution in [0.25, 0.3) is 0 Å². The van der Waals surface area contributed by atoms with Crippen LogP contribution in [0.2, 0.25) is 0 Å². The van der Waals surface area contributed by atoms with Gasteiger partial charge in [0.2, 0.25) is 0 Å². The van der Waals surface area contributed by atoms with Crippen LogP contribution in [0.15, 0.2) is 0 Å². The summed E-state index contributed by atoms with van der Waals surface area (Å²) < 4.78 is 13.6. The Morgan fingerprint density at radius 1 is 1.33 bits per heavy atom. The second-order valence-corrected chi connectivity index (χ2v) is 2.64. The van der Waals surface area contributed by atoms with Crippen molar-refractivity contribution in [2.24, 2.45) is 0 Å². The number of carbonyl (C=O) groups excluding carboxylic acids is 2. The van der Waals surface area contributed by atoms with E-state index in [1.54, 1.807) is 0 Å². The van der Waals surface area contributed by atoms with Crippen molar-refractivity contribution in [3.8, 4) is 0 Å². The molecule has 0 saturated carbocycles. The first-order chi connectivity index (χ1) is 5.50. The second kappa shape index (κ2) is 5.18. The van der Waals surface area contributed by atoms with Gasteiger partial charge in [0.1, 0.15) is 0 Å². The topological polar surface area (TPSA) is 124 Å². The molecule has 0 bridgehead atoms. The van der Waals surface area contributed by atoms with E-state index in [2.05, 4.69) is 3.02 Å². The second-order valence-electron chi connectivity index (χ2n) is 1.69. The van der Waals surface area contributed by atoms with Crippen molar-refractivity contribution in [3.05, 3.63) is 0 Å². The summed E-state index contributed by atoms with van der Waals surface area (Å²) in [6.07, 6.45) is -4.61. The molecular formula is C4H4O7Sb-. The van der Waals surface area contributed by atoms with Gasteiger partial charge in [-0.2, -0.15) is 0 Å². The number of aliphatic carboxylic acids is 1. The van der Waals surface area contributed by atoms with Crippen LogP contribution < -0.4 is 5.11 Å². The van der Waals surface area contributed by atoms with Gasteiger partial charge in [-0.3, -0.25) is 0 Å². The van der Waals surface area contributed by atoms with Gasteiger partial charge in [-0.25, -0.2) is 0 Å². The third kappa shape index (κ3) is 3.25. The van der Waals surface area contributed by atoms with Crippen molar-refractivity contribution in [2.75, 3.05) is 0 Å². The molecular weight excluding hydrogens is 282 g/mol. The van der Waals surface area contributed by atoms with Crippen molar-refractivity contribution >= 4 is 34.0 Å². The number of carboxylic acid groups (broad SMARTS) is 1. The van der Waals surface area contributed by atoms with Crippen LogP contribution in [-0.2, 0) is 15.6 Å². The summed E-state index contributed by atoms with van der Waals surface area (Å²) in [6, 6.07) is 0. The van der Waals surface area contributed by atoms with Crippen molar-refractivity contribution in [1.82, 2.24) is 0 Å². The fourth-order valence-corrected chi connectivity index (χ4v) is 0.866. The molecule has 0 heterocycles. The van der Waals surface area contributed by atoms with E-state index in [1.807, 2.05) is 0 Å². The van der Waals surface area contributed by atoms with Crippen LogP contribution in [-0.4, -0.2) is 56.4 Å². The predicted molar refractivity (Wildman–Crippen MR) is 29.6 cm³/mol. The Bertz CT molecular complexity index is 202. The molecule has 0 fully saturated rings. The number of carboxylic acids is 1. The number of aliphatic hydroxyl groups is 2. The Morgan fingerprint density at radius 2 is 1.83 bits per heavy atom. The fourth-order valence-electron chi connectivity index (χ4n) is 0.349. The molecule has 0 aromatic carbocycles. The number of rotatable bonds is 4. The molecule has 68 valence electrons. The predicted octanol–water partition coefficient (Wildman–Crippen LogP) is -4.03. The molecule has 0 radical (unpaired) electrons. The van der Waals surface area contributed by atoms with Gasteiger partial charge < -0.3 is 0 Å². The fraction of sp³-hybridized carbons (Fsp3) is 0.500. The van der Waals surface area contributed by atoms with Crippen LogP contribution in [0.5, 0.6) is 0 Å². The van der Waals surface area contributed by atoms with Crippen LogP contribution >= 0.6 is 0 Å². The first kappa shape index (κ1) is 11.5. The van der Waals surface area contributed by atoms with Crippen molar-refractivity contribution in [1.29, 1.82) is 0 Å². The average Bonchev–Trinajstić information content (AvgIpc) is 2.02. The molecule has 12 heavy (non-hydrogen) atoms. The molecule has 0 spiro atoms. The molecule has 2 N–H and O–H groups in total. The molecule has 7 nitrogen and oxygen atoms in total. The van der Waals surface area contributed by atoms with Crippen LogP contribution in [0.1, 0.15) is 0 Å². The van der Waals surface area contributed by atoms with Crippen molar-refractivity contribution in [3.63, 3.8) is 0 Å². The molecule has 0 rings (SSSR count). The van der Waals surface area contributed by atoms with E-state index in [4.69, 9.17) is 10.2 Å². The Kier molecular flexibility index (Phi) is 4.96. The Hall–Kier alpha value is -0.522. The number of hydrogen-bond acceptors (Lipinski definition) is 7. The first-order valence-electron chi connectivity index (χ1n) is 2.61. The summed E-state index contributed by atoms with van der Waals surface area (Å²) >= 11 is -2.40. The standard InChI is InChI=1S/C4H6O6.O.Sb/c5-1(3(7)8)2(6)4(9)10;;/h1-2,5-6H,(H,7,8)(H,9,10);;/q;;+1/p-2. The van der Waals surface area contributed by atoms with E-state index >= 15 is 0 Å². The van der Waals surface area contributed by atoms with Crippen LogP contribution in [0.4, 0.5) is 0 Å². The average molecular weight is 286 g/mol. The normalized spacial score (nSPS) is 14.5. The summed E-state index contributed by atoms with van der Waals surface area (Å²) in [6.45, 7) is 0. The molecule has 2 atom stereocenters. The summed E-state index contributed by atoms with van der Waals surface area (Å²) in [5.41, 5.74) is 0. The summed E-state index contributed by atoms with van der Waals surface area (Å²) in [7, 11) is 0. The number of hydrogen-bond donors (Lipinski definition) is 2. The quantitative estimate of drug-likeness (QED) is 0.504. The first-order valence-corrected chi connectivity index (χ1v) is 4.69. The Morgan fingerprint density at radius 3 is 2.17 bits per heavy atom. The van der Waals surface area contributed by atoms with Gasteiger partial charge in [0.25, 0.3) is 0 Å². The maximum absolute atomic E-state index is 10.4. The molecule has 0 amide bonds.